The molecule has 2 N–H and O–H groups in total. The molecular weight excluding hydrogens is 727 g/mol. The van der Waals surface area contributed by atoms with Crippen LogP contribution in [0.1, 0.15) is 129 Å². The first-order chi connectivity index (χ1) is 27.8. The first-order valence-electron chi connectivity index (χ1n) is 22.4. The number of unbranched alkanes of at least 4 members (excludes halogenated alkanes) is 4. The van der Waals surface area contributed by atoms with Crippen molar-refractivity contribution in [3.05, 3.63) is 71.8 Å². The van der Waals surface area contributed by atoms with Gasteiger partial charge in [-0.2, -0.15) is 0 Å². The van der Waals surface area contributed by atoms with Gasteiger partial charge in [0.1, 0.15) is 5.78 Å². The lowest BCUT2D eigenvalue weighted by atomic mass is 9.87. The standard InChI is InChI=1S/C49H73N3O6/c1-36(2)31-43(45(54)35-41(33-39-19-13-10-14-20-39)48(57)51-44(32-37(3)4)46(55)49(5)24-25-49)50-47(56)40(23-22-38-17-11-9-12-18-38)34-42(53)21-15-7-6-8-16-26-52-27-29-58-30-28-52/h9-14,17-20,36-37,40-41,43-44H,6-8,15-16,21-35H2,1-5H3,(H,50,56)(H,51,57)/t40-,41-,43?,44?/m1/s1. The maximum absolute atomic E-state index is 14.3. The van der Waals surface area contributed by atoms with Crippen molar-refractivity contribution in [2.24, 2.45) is 29.1 Å². The van der Waals surface area contributed by atoms with Crippen molar-refractivity contribution in [2.75, 3.05) is 32.8 Å². The molecule has 4 rings (SSSR count). The highest BCUT2D eigenvalue weighted by Crippen LogP contribution is 2.47. The molecule has 2 unspecified atom stereocenters. The van der Waals surface area contributed by atoms with Gasteiger partial charge in [-0.05, 0) is 87.3 Å². The highest BCUT2D eigenvalue weighted by molar-refractivity contribution is 5.97. The zero-order chi connectivity index (χ0) is 41.9. The van der Waals surface area contributed by atoms with Gasteiger partial charge in [0.05, 0.1) is 25.3 Å². The quantitative estimate of drug-likeness (QED) is 0.0835. The van der Waals surface area contributed by atoms with Crippen molar-refractivity contribution < 1.29 is 28.7 Å². The van der Waals surface area contributed by atoms with Gasteiger partial charge < -0.3 is 15.4 Å². The Morgan fingerprint density at radius 2 is 1.24 bits per heavy atom. The molecule has 0 radical (unpaired) electrons. The zero-order valence-electron chi connectivity index (χ0n) is 36.3. The van der Waals surface area contributed by atoms with E-state index in [1.165, 1.54) is 0 Å². The minimum absolute atomic E-state index is 0.0693. The number of Topliss-reactive ketones (excluding diaryl/α,β-unsaturated/α-hetero) is 3. The third kappa shape index (κ3) is 16.9. The molecule has 1 heterocycles. The first kappa shape index (κ1) is 47.0. The lowest BCUT2D eigenvalue weighted by Crippen LogP contribution is -2.49. The van der Waals surface area contributed by atoms with E-state index in [2.05, 4.69) is 15.5 Å². The molecule has 2 amide bonds. The summed E-state index contributed by atoms with van der Waals surface area (Å²) in [6.45, 7) is 14.8. The summed E-state index contributed by atoms with van der Waals surface area (Å²) in [5.74, 6) is -1.63. The molecule has 1 saturated heterocycles. The summed E-state index contributed by atoms with van der Waals surface area (Å²) in [5, 5.41) is 6.18. The molecule has 1 aliphatic heterocycles. The van der Waals surface area contributed by atoms with Gasteiger partial charge >= 0.3 is 0 Å². The van der Waals surface area contributed by atoms with Crippen LogP contribution < -0.4 is 10.6 Å². The van der Waals surface area contributed by atoms with Gasteiger partial charge in [0.25, 0.3) is 0 Å². The Labute approximate surface area is 349 Å². The van der Waals surface area contributed by atoms with Crippen LogP contribution in [0.2, 0.25) is 0 Å². The molecule has 2 aromatic rings. The molecule has 58 heavy (non-hydrogen) atoms. The molecular formula is C49H73N3O6. The number of ketones is 3. The van der Waals surface area contributed by atoms with Crippen molar-refractivity contribution in [2.45, 2.75) is 143 Å². The van der Waals surface area contributed by atoms with Gasteiger partial charge in [0.2, 0.25) is 11.8 Å². The van der Waals surface area contributed by atoms with Gasteiger partial charge in [-0.3, -0.25) is 28.9 Å². The Kier molecular flexibility index (Phi) is 19.8. The van der Waals surface area contributed by atoms with Crippen LogP contribution in [0.4, 0.5) is 0 Å². The number of aryl methyl sites for hydroxylation is 1. The number of amides is 2. The average molecular weight is 800 g/mol. The second-order valence-electron chi connectivity index (χ2n) is 18.3. The molecule has 9 nitrogen and oxygen atoms in total. The second-order valence-corrected chi connectivity index (χ2v) is 18.3. The van der Waals surface area contributed by atoms with Crippen molar-refractivity contribution >= 4 is 29.2 Å². The topological polar surface area (TPSA) is 122 Å². The number of nitrogens with one attached hydrogen (secondary N) is 2. The summed E-state index contributed by atoms with van der Waals surface area (Å²) < 4.78 is 5.44. The maximum Gasteiger partial charge on any atom is 0.224 e. The van der Waals surface area contributed by atoms with Gasteiger partial charge in [-0.15, -0.1) is 0 Å². The second kappa shape index (κ2) is 24.4. The molecule has 4 atom stereocenters. The number of rotatable bonds is 28. The summed E-state index contributed by atoms with van der Waals surface area (Å²) in [5.41, 5.74) is 1.62. The van der Waals surface area contributed by atoms with E-state index < -0.39 is 29.3 Å². The average Bonchev–Trinajstić information content (AvgIpc) is 3.96. The Bertz CT molecular complexity index is 1570. The molecule has 1 saturated carbocycles. The number of carbonyl (C=O) groups excluding carboxylic acids is 5. The molecule has 9 heteroatoms. The lowest BCUT2D eigenvalue weighted by molar-refractivity contribution is -0.135. The smallest absolute Gasteiger partial charge is 0.224 e. The number of carbonyl (C=O) groups is 5. The predicted octanol–water partition coefficient (Wildman–Crippen LogP) is 8.12. The van der Waals surface area contributed by atoms with Gasteiger partial charge in [0.15, 0.2) is 11.6 Å². The Morgan fingerprint density at radius 3 is 1.86 bits per heavy atom. The minimum atomic E-state index is -0.802. The number of benzene rings is 2. The first-order valence-corrected chi connectivity index (χ1v) is 22.4. The van der Waals surface area contributed by atoms with Crippen molar-refractivity contribution in [3.8, 4) is 0 Å². The van der Waals surface area contributed by atoms with E-state index in [-0.39, 0.29) is 53.8 Å². The van der Waals surface area contributed by atoms with Crippen LogP contribution in [-0.2, 0) is 41.6 Å². The Hall–Kier alpha value is -3.69. The van der Waals surface area contributed by atoms with E-state index in [1.54, 1.807) is 0 Å². The highest BCUT2D eigenvalue weighted by atomic mass is 16.5. The monoisotopic (exact) mass is 800 g/mol. The molecule has 2 aromatic carbocycles. The summed E-state index contributed by atoms with van der Waals surface area (Å²) in [6, 6.07) is 18.2. The van der Waals surface area contributed by atoms with Gasteiger partial charge in [0, 0.05) is 49.6 Å². The summed E-state index contributed by atoms with van der Waals surface area (Å²) in [6.07, 6.45) is 9.79. The molecule has 0 spiro atoms. The van der Waals surface area contributed by atoms with Crippen LogP contribution in [0.5, 0.6) is 0 Å². The lowest BCUT2D eigenvalue weighted by Gasteiger charge is -2.27. The molecule has 1 aliphatic carbocycles. The fourth-order valence-corrected chi connectivity index (χ4v) is 8.12. The van der Waals surface area contributed by atoms with Gasteiger partial charge in [-0.25, -0.2) is 0 Å². The molecule has 2 aliphatic rings. The van der Waals surface area contributed by atoms with Crippen LogP contribution in [-0.4, -0.2) is 79.0 Å². The Balaban J connectivity index is 1.41. The number of morpholine rings is 1. The van der Waals surface area contributed by atoms with Gasteiger partial charge in [-0.1, -0.05) is 115 Å². The Morgan fingerprint density at radius 1 is 0.690 bits per heavy atom. The largest absolute Gasteiger partial charge is 0.379 e. The highest BCUT2D eigenvalue weighted by Gasteiger charge is 2.48. The van der Waals surface area contributed by atoms with Crippen molar-refractivity contribution in [3.63, 3.8) is 0 Å². The van der Waals surface area contributed by atoms with E-state index in [1.807, 2.05) is 95.3 Å². The van der Waals surface area contributed by atoms with Crippen LogP contribution >= 0.6 is 0 Å². The third-order valence-corrected chi connectivity index (χ3v) is 12.0. The van der Waals surface area contributed by atoms with E-state index >= 15 is 0 Å². The number of nitrogens with zero attached hydrogens (tertiary/aromatic N) is 1. The molecule has 0 bridgehead atoms. The summed E-state index contributed by atoms with van der Waals surface area (Å²) >= 11 is 0. The van der Waals surface area contributed by atoms with Crippen LogP contribution in [0.3, 0.4) is 0 Å². The fourth-order valence-electron chi connectivity index (χ4n) is 8.12. The third-order valence-electron chi connectivity index (χ3n) is 12.0. The normalized spacial score (nSPS) is 17.3. The fraction of sp³-hybridized carbons (Fsp3) is 0.653. The molecule has 0 aromatic heterocycles. The van der Waals surface area contributed by atoms with Crippen LogP contribution in [0.15, 0.2) is 60.7 Å². The number of hydrogen-bond acceptors (Lipinski definition) is 7. The van der Waals surface area contributed by atoms with E-state index in [0.29, 0.717) is 38.5 Å². The van der Waals surface area contributed by atoms with Crippen LogP contribution in [0, 0.1) is 29.1 Å². The van der Waals surface area contributed by atoms with Crippen molar-refractivity contribution in [1.29, 1.82) is 0 Å². The maximum atomic E-state index is 14.3. The van der Waals surface area contributed by atoms with E-state index in [9.17, 15) is 24.0 Å². The zero-order valence-corrected chi connectivity index (χ0v) is 36.3. The SMILES string of the molecule is CC(C)CC(NC(=O)[C@H](CCc1ccccc1)CC(=O)CCCCCCCN1CCOCC1)C(=O)C[C@@H](Cc1ccccc1)C(=O)NC(CC(C)C)C(=O)C1(C)CC1. The van der Waals surface area contributed by atoms with Crippen LogP contribution in [0.25, 0.3) is 0 Å². The summed E-state index contributed by atoms with van der Waals surface area (Å²) in [4.78, 5) is 72.0. The van der Waals surface area contributed by atoms with E-state index in [0.717, 1.165) is 88.9 Å². The molecule has 2 fully saturated rings. The minimum Gasteiger partial charge on any atom is -0.379 e. The van der Waals surface area contributed by atoms with E-state index in [4.69, 9.17) is 4.74 Å². The summed E-state index contributed by atoms with van der Waals surface area (Å²) in [7, 11) is 0. The van der Waals surface area contributed by atoms with Crippen molar-refractivity contribution in [1.82, 2.24) is 15.5 Å². The predicted molar refractivity (Wildman–Crippen MR) is 231 cm³/mol. The number of ether oxygens (including phenoxy) is 1. The molecule has 320 valence electrons. The number of hydrogen-bond donors (Lipinski definition) is 2.